The normalized spacial score (nSPS) is 22.0. The maximum atomic E-state index is 11.9. The van der Waals surface area contributed by atoms with Crippen molar-refractivity contribution in [3.8, 4) is 5.69 Å². The zero-order chi connectivity index (χ0) is 19.2. The van der Waals surface area contributed by atoms with Crippen molar-refractivity contribution in [2.45, 2.75) is 57.8 Å². The standard InChI is InChI=1S/C20H27N3O2S2/c1-15(2)18-5-3-4-6-19(18)22-11-10-21(20(22)26)14-23(16-7-8-16)17-9-12-27(24,25)13-17/h3-6,10-11,15-17H,7-9,12-14H2,1-2H3/t17-/m0/s1. The van der Waals surface area contributed by atoms with E-state index in [4.69, 9.17) is 12.2 Å². The summed E-state index contributed by atoms with van der Waals surface area (Å²) in [6.45, 7) is 5.05. The van der Waals surface area contributed by atoms with Crippen molar-refractivity contribution in [2.75, 3.05) is 11.5 Å². The van der Waals surface area contributed by atoms with E-state index in [1.54, 1.807) is 0 Å². The van der Waals surface area contributed by atoms with Crippen molar-refractivity contribution in [1.29, 1.82) is 0 Å². The van der Waals surface area contributed by atoms with Gasteiger partial charge in [-0.2, -0.15) is 0 Å². The van der Waals surface area contributed by atoms with Gasteiger partial charge in [-0.15, -0.1) is 0 Å². The molecule has 0 N–H and O–H groups in total. The molecule has 0 amide bonds. The lowest BCUT2D eigenvalue weighted by Gasteiger charge is -2.28. The quantitative estimate of drug-likeness (QED) is 0.687. The predicted molar refractivity (Wildman–Crippen MR) is 111 cm³/mol. The highest BCUT2D eigenvalue weighted by molar-refractivity contribution is 7.91. The van der Waals surface area contributed by atoms with Crippen molar-refractivity contribution >= 4 is 22.1 Å². The Hall–Kier alpha value is -1.44. The zero-order valence-electron chi connectivity index (χ0n) is 15.9. The molecule has 1 aliphatic heterocycles. The molecule has 2 aromatic rings. The molecule has 0 spiro atoms. The highest BCUT2D eigenvalue weighted by Crippen LogP contribution is 2.33. The van der Waals surface area contributed by atoms with Gasteiger partial charge >= 0.3 is 0 Å². The highest BCUT2D eigenvalue weighted by atomic mass is 32.2. The summed E-state index contributed by atoms with van der Waals surface area (Å²) in [4.78, 5) is 2.36. The van der Waals surface area contributed by atoms with E-state index in [9.17, 15) is 8.42 Å². The van der Waals surface area contributed by atoms with Gasteiger partial charge in [0.15, 0.2) is 14.6 Å². The first-order valence-electron chi connectivity index (χ1n) is 9.69. The summed E-state index contributed by atoms with van der Waals surface area (Å²) in [5.41, 5.74) is 2.39. The fourth-order valence-corrected chi connectivity index (χ4v) is 6.07. The SMILES string of the molecule is CC(C)c1ccccc1-n1ccn(CN(C2CC2)[C@H]2CCS(=O)(=O)C2)c1=S. The fraction of sp³-hybridized carbons (Fsp3) is 0.550. The van der Waals surface area contributed by atoms with Gasteiger partial charge in [-0.3, -0.25) is 9.47 Å². The summed E-state index contributed by atoms with van der Waals surface area (Å²) in [5.74, 6) is 1.01. The minimum absolute atomic E-state index is 0.121. The third-order valence-corrected chi connectivity index (χ3v) is 7.86. The van der Waals surface area contributed by atoms with Gasteiger partial charge < -0.3 is 4.57 Å². The molecule has 5 nitrogen and oxygen atoms in total. The van der Waals surface area contributed by atoms with E-state index in [1.807, 2.05) is 18.5 Å². The molecule has 146 valence electrons. The van der Waals surface area contributed by atoms with Crippen LogP contribution in [0.5, 0.6) is 0 Å². The molecule has 0 radical (unpaired) electrons. The van der Waals surface area contributed by atoms with Crippen molar-refractivity contribution in [2.24, 2.45) is 0 Å². The van der Waals surface area contributed by atoms with Crippen LogP contribution < -0.4 is 0 Å². The lowest BCUT2D eigenvalue weighted by atomic mass is 10.0. The molecule has 7 heteroatoms. The van der Waals surface area contributed by atoms with Crippen molar-refractivity contribution in [1.82, 2.24) is 14.0 Å². The van der Waals surface area contributed by atoms with Crippen LogP contribution in [-0.2, 0) is 16.5 Å². The van der Waals surface area contributed by atoms with E-state index >= 15 is 0 Å². The molecule has 0 unspecified atom stereocenters. The van der Waals surface area contributed by atoms with E-state index in [0.717, 1.165) is 29.7 Å². The topological polar surface area (TPSA) is 47.2 Å². The number of imidazole rings is 1. The number of nitrogens with zero attached hydrogens (tertiary/aromatic N) is 3. The molecule has 1 aromatic heterocycles. The first-order chi connectivity index (χ1) is 12.9. The van der Waals surface area contributed by atoms with Crippen LogP contribution in [0.25, 0.3) is 5.69 Å². The van der Waals surface area contributed by atoms with Crippen LogP contribution in [-0.4, -0.2) is 46.0 Å². The van der Waals surface area contributed by atoms with E-state index in [2.05, 4.69) is 46.1 Å². The summed E-state index contributed by atoms with van der Waals surface area (Å²) < 4.78 is 28.8. The first-order valence-corrected chi connectivity index (χ1v) is 11.9. The molecule has 4 rings (SSSR count). The van der Waals surface area contributed by atoms with Crippen LogP contribution >= 0.6 is 12.2 Å². The van der Waals surface area contributed by atoms with Crippen molar-refractivity contribution < 1.29 is 8.42 Å². The summed E-state index contributed by atoms with van der Waals surface area (Å²) in [7, 11) is -2.88. The van der Waals surface area contributed by atoms with Crippen LogP contribution in [0.2, 0.25) is 0 Å². The highest BCUT2D eigenvalue weighted by Gasteiger charge is 2.39. The number of sulfone groups is 1. The van der Waals surface area contributed by atoms with E-state index in [-0.39, 0.29) is 11.8 Å². The predicted octanol–water partition coefficient (Wildman–Crippen LogP) is 3.74. The summed E-state index contributed by atoms with van der Waals surface area (Å²) in [5, 5.41) is 0. The molecule has 2 aliphatic rings. The van der Waals surface area contributed by atoms with Gasteiger partial charge in [-0.1, -0.05) is 32.0 Å². The van der Waals surface area contributed by atoms with E-state index < -0.39 is 9.84 Å². The Labute approximate surface area is 166 Å². The van der Waals surface area contributed by atoms with Gasteiger partial charge in [0.05, 0.1) is 23.9 Å². The monoisotopic (exact) mass is 405 g/mol. The Kier molecular flexibility index (Phi) is 5.03. The Morgan fingerprint density at radius 2 is 1.89 bits per heavy atom. The molecule has 1 aromatic carbocycles. The number of hydrogen-bond donors (Lipinski definition) is 0. The second kappa shape index (κ2) is 7.18. The minimum Gasteiger partial charge on any atom is -0.310 e. The molecule has 1 atom stereocenters. The molecule has 2 fully saturated rings. The molecular formula is C20H27N3O2S2. The summed E-state index contributed by atoms with van der Waals surface area (Å²) in [6, 6.07) is 8.98. The first kappa shape index (κ1) is 18.9. The fourth-order valence-electron chi connectivity index (χ4n) is 4.05. The molecule has 1 saturated heterocycles. The lowest BCUT2D eigenvalue weighted by molar-refractivity contribution is 0.153. The molecule has 27 heavy (non-hydrogen) atoms. The van der Waals surface area contributed by atoms with Gasteiger partial charge in [0.25, 0.3) is 0 Å². The number of rotatable bonds is 6. The number of benzene rings is 1. The van der Waals surface area contributed by atoms with Crippen LogP contribution in [0.4, 0.5) is 0 Å². The second-order valence-electron chi connectivity index (χ2n) is 8.08. The van der Waals surface area contributed by atoms with Gasteiger partial charge in [0.2, 0.25) is 0 Å². The maximum absolute atomic E-state index is 11.9. The Balaban J connectivity index is 1.62. The van der Waals surface area contributed by atoms with Gasteiger partial charge in [0.1, 0.15) is 0 Å². The molecule has 1 saturated carbocycles. The minimum atomic E-state index is -2.88. The number of para-hydroxylation sites is 1. The average Bonchev–Trinajstić information content (AvgIpc) is 3.32. The Morgan fingerprint density at radius 3 is 2.52 bits per heavy atom. The maximum Gasteiger partial charge on any atom is 0.185 e. The van der Waals surface area contributed by atoms with Gasteiger partial charge in [-0.25, -0.2) is 8.42 Å². The van der Waals surface area contributed by atoms with Crippen molar-refractivity contribution in [3.05, 3.63) is 47.0 Å². The number of aromatic nitrogens is 2. The molecule has 1 aliphatic carbocycles. The zero-order valence-corrected chi connectivity index (χ0v) is 17.5. The summed E-state index contributed by atoms with van der Waals surface area (Å²) >= 11 is 5.78. The largest absolute Gasteiger partial charge is 0.310 e. The van der Waals surface area contributed by atoms with Gasteiger partial charge in [-0.05, 0) is 49.0 Å². The second-order valence-corrected chi connectivity index (χ2v) is 10.7. The van der Waals surface area contributed by atoms with Crippen LogP contribution in [0, 0.1) is 4.77 Å². The Bertz CT molecular complexity index is 987. The van der Waals surface area contributed by atoms with Crippen molar-refractivity contribution in [3.63, 3.8) is 0 Å². The van der Waals surface area contributed by atoms with E-state index in [0.29, 0.717) is 24.4 Å². The lowest BCUT2D eigenvalue weighted by Crippen LogP contribution is -2.39. The summed E-state index contributed by atoms with van der Waals surface area (Å²) in [6.07, 6.45) is 7.10. The Morgan fingerprint density at radius 1 is 1.15 bits per heavy atom. The molecular weight excluding hydrogens is 378 g/mol. The third kappa shape index (κ3) is 3.91. The average molecular weight is 406 g/mol. The third-order valence-electron chi connectivity index (χ3n) is 5.67. The smallest absolute Gasteiger partial charge is 0.185 e. The van der Waals surface area contributed by atoms with Crippen LogP contribution in [0.1, 0.15) is 44.6 Å². The number of hydrogen-bond acceptors (Lipinski definition) is 4. The van der Waals surface area contributed by atoms with Crippen LogP contribution in [0.15, 0.2) is 36.7 Å². The molecule has 2 heterocycles. The molecule has 0 bridgehead atoms. The van der Waals surface area contributed by atoms with Gasteiger partial charge in [0, 0.05) is 24.5 Å². The van der Waals surface area contributed by atoms with Crippen LogP contribution in [0.3, 0.4) is 0 Å². The van der Waals surface area contributed by atoms with E-state index in [1.165, 1.54) is 5.56 Å².